The van der Waals surface area contributed by atoms with E-state index < -0.39 is 5.97 Å². The molecule has 0 aliphatic heterocycles. The highest BCUT2D eigenvalue weighted by atomic mass is 16.4. The minimum Gasteiger partial charge on any atom is -0.481 e. The molecule has 2 aromatic rings. The van der Waals surface area contributed by atoms with Crippen LogP contribution >= 0.6 is 0 Å². The van der Waals surface area contributed by atoms with Gasteiger partial charge in [0.05, 0.1) is 18.4 Å². The Labute approximate surface area is 111 Å². The number of nitrogens with zero attached hydrogens (tertiary/aromatic N) is 1. The van der Waals surface area contributed by atoms with E-state index in [0.717, 1.165) is 35.0 Å². The second-order valence-corrected chi connectivity index (χ2v) is 4.60. The molecule has 0 bridgehead atoms. The van der Waals surface area contributed by atoms with Crippen molar-refractivity contribution >= 4 is 16.9 Å². The number of aromatic nitrogens is 1. The summed E-state index contributed by atoms with van der Waals surface area (Å²) in [5.74, 6) is -1.15. The zero-order chi connectivity index (χ0) is 13.8. The van der Waals surface area contributed by atoms with Crippen LogP contribution in [-0.2, 0) is 11.2 Å². The van der Waals surface area contributed by atoms with Crippen LogP contribution in [0.1, 0.15) is 36.9 Å². The summed E-state index contributed by atoms with van der Waals surface area (Å²) in [5.41, 5.74) is 2.39. The molecule has 0 saturated carbocycles. The zero-order valence-electron chi connectivity index (χ0n) is 10.8. The lowest BCUT2D eigenvalue weighted by atomic mass is 9.96. The molecule has 1 unspecified atom stereocenters. The van der Waals surface area contributed by atoms with E-state index in [1.807, 2.05) is 31.2 Å². The first-order valence-corrected chi connectivity index (χ1v) is 6.38. The number of hydrogen-bond acceptors (Lipinski definition) is 2. The summed E-state index contributed by atoms with van der Waals surface area (Å²) < 4.78 is 0. The third-order valence-electron chi connectivity index (χ3n) is 3.26. The SMILES string of the molecule is CCCC(C#N)c1[nH]c2ccccc2c1CC(=O)O. The van der Waals surface area contributed by atoms with Crippen LogP contribution in [0.5, 0.6) is 0 Å². The molecule has 0 radical (unpaired) electrons. The van der Waals surface area contributed by atoms with Crippen molar-refractivity contribution < 1.29 is 9.90 Å². The average Bonchev–Trinajstić information content (AvgIpc) is 2.74. The van der Waals surface area contributed by atoms with Crippen LogP contribution in [0.25, 0.3) is 10.9 Å². The molecule has 1 aromatic carbocycles. The smallest absolute Gasteiger partial charge is 0.307 e. The Morgan fingerprint density at radius 1 is 1.47 bits per heavy atom. The van der Waals surface area contributed by atoms with Crippen LogP contribution in [0.4, 0.5) is 0 Å². The fraction of sp³-hybridized carbons (Fsp3) is 0.333. The summed E-state index contributed by atoms with van der Waals surface area (Å²) >= 11 is 0. The molecule has 4 nitrogen and oxygen atoms in total. The van der Waals surface area contributed by atoms with Gasteiger partial charge >= 0.3 is 5.97 Å². The first-order chi connectivity index (χ1) is 9.17. The summed E-state index contributed by atoms with van der Waals surface area (Å²) in [5, 5.41) is 19.2. The van der Waals surface area contributed by atoms with Gasteiger partial charge in [0.1, 0.15) is 0 Å². The Balaban J connectivity index is 2.58. The molecule has 0 fully saturated rings. The van der Waals surface area contributed by atoms with Gasteiger partial charge in [-0.1, -0.05) is 31.5 Å². The maximum Gasteiger partial charge on any atom is 0.307 e. The van der Waals surface area contributed by atoms with Crippen molar-refractivity contribution in [1.82, 2.24) is 4.98 Å². The summed E-state index contributed by atoms with van der Waals surface area (Å²) in [7, 11) is 0. The maximum absolute atomic E-state index is 11.0. The standard InChI is InChI=1S/C15H16N2O2/c1-2-5-10(9-16)15-12(8-14(18)19)11-6-3-4-7-13(11)17-15/h3-4,6-7,10,17H,2,5,8H2,1H3,(H,18,19). The summed E-state index contributed by atoms with van der Waals surface area (Å²) in [6, 6.07) is 9.85. The number of carboxylic acid groups (broad SMARTS) is 1. The highest BCUT2D eigenvalue weighted by molar-refractivity contribution is 5.88. The minimum absolute atomic E-state index is 0.0543. The quantitative estimate of drug-likeness (QED) is 0.862. The van der Waals surface area contributed by atoms with Crippen molar-refractivity contribution in [1.29, 1.82) is 5.26 Å². The number of carbonyl (C=O) groups is 1. The number of aromatic amines is 1. The molecule has 0 saturated heterocycles. The lowest BCUT2D eigenvalue weighted by Gasteiger charge is -2.08. The average molecular weight is 256 g/mol. The third-order valence-corrected chi connectivity index (χ3v) is 3.26. The number of carboxylic acids is 1. The monoisotopic (exact) mass is 256 g/mol. The Bertz CT molecular complexity index is 637. The van der Waals surface area contributed by atoms with Gasteiger partial charge < -0.3 is 10.1 Å². The lowest BCUT2D eigenvalue weighted by Crippen LogP contribution is -2.05. The number of hydrogen-bond donors (Lipinski definition) is 2. The fourth-order valence-electron chi connectivity index (χ4n) is 2.42. The number of rotatable bonds is 5. The van der Waals surface area contributed by atoms with Crippen molar-refractivity contribution in [2.24, 2.45) is 0 Å². The second kappa shape index (κ2) is 5.57. The zero-order valence-corrected chi connectivity index (χ0v) is 10.8. The number of benzene rings is 1. The molecule has 0 spiro atoms. The largest absolute Gasteiger partial charge is 0.481 e. The van der Waals surface area contributed by atoms with Crippen LogP contribution < -0.4 is 0 Å². The van der Waals surface area contributed by atoms with E-state index in [1.165, 1.54) is 0 Å². The number of H-pyrrole nitrogens is 1. The van der Waals surface area contributed by atoms with Crippen LogP contribution in [0.15, 0.2) is 24.3 Å². The molecule has 98 valence electrons. The van der Waals surface area contributed by atoms with Crippen molar-refractivity contribution in [3.63, 3.8) is 0 Å². The molecule has 2 rings (SSSR count). The van der Waals surface area contributed by atoms with Crippen LogP contribution in [0, 0.1) is 11.3 Å². The Morgan fingerprint density at radius 2 is 2.21 bits per heavy atom. The van der Waals surface area contributed by atoms with Crippen molar-refractivity contribution in [2.75, 3.05) is 0 Å². The number of para-hydroxylation sites is 1. The highest BCUT2D eigenvalue weighted by Crippen LogP contribution is 2.30. The van der Waals surface area contributed by atoms with E-state index in [9.17, 15) is 10.1 Å². The van der Waals surface area contributed by atoms with Crippen molar-refractivity contribution in [2.45, 2.75) is 32.1 Å². The maximum atomic E-state index is 11.0. The number of aliphatic carboxylic acids is 1. The van der Waals surface area contributed by atoms with Crippen LogP contribution in [-0.4, -0.2) is 16.1 Å². The normalized spacial score (nSPS) is 12.2. The van der Waals surface area contributed by atoms with E-state index in [4.69, 9.17) is 5.11 Å². The molecule has 1 atom stereocenters. The molecule has 19 heavy (non-hydrogen) atoms. The van der Waals surface area contributed by atoms with Gasteiger partial charge in [-0.05, 0) is 18.1 Å². The highest BCUT2D eigenvalue weighted by Gasteiger charge is 2.20. The molecule has 1 aromatic heterocycles. The molecule has 0 aliphatic rings. The summed E-state index contributed by atoms with van der Waals surface area (Å²) in [6.45, 7) is 2.02. The summed E-state index contributed by atoms with van der Waals surface area (Å²) in [6.07, 6.45) is 1.57. The minimum atomic E-state index is -0.876. The Morgan fingerprint density at radius 3 is 2.84 bits per heavy atom. The van der Waals surface area contributed by atoms with Gasteiger partial charge in [0, 0.05) is 16.6 Å². The molecular weight excluding hydrogens is 240 g/mol. The van der Waals surface area contributed by atoms with E-state index in [2.05, 4.69) is 11.1 Å². The van der Waals surface area contributed by atoms with Crippen LogP contribution in [0.3, 0.4) is 0 Å². The first kappa shape index (κ1) is 13.2. The van der Waals surface area contributed by atoms with E-state index in [1.54, 1.807) is 0 Å². The predicted octanol–water partition coefficient (Wildman–Crippen LogP) is 3.20. The van der Waals surface area contributed by atoms with Gasteiger partial charge in [-0.2, -0.15) is 5.26 Å². The van der Waals surface area contributed by atoms with E-state index >= 15 is 0 Å². The Kier molecular flexibility index (Phi) is 3.86. The number of nitriles is 1. The molecule has 1 heterocycles. The van der Waals surface area contributed by atoms with Gasteiger partial charge in [-0.25, -0.2) is 0 Å². The second-order valence-electron chi connectivity index (χ2n) is 4.60. The van der Waals surface area contributed by atoms with Gasteiger partial charge in [-0.3, -0.25) is 4.79 Å². The molecular formula is C15H16N2O2. The van der Waals surface area contributed by atoms with E-state index in [-0.39, 0.29) is 12.3 Å². The fourth-order valence-corrected chi connectivity index (χ4v) is 2.42. The molecule has 4 heteroatoms. The van der Waals surface area contributed by atoms with Gasteiger partial charge in [-0.15, -0.1) is 0 Å². The lowest BCUT2D eigenvalue weighted by molar-refractivity contribution is -0.136. The third kappa shape index (κ3) is 2.60. The predicted molar refractivity (Wildman–Crippen MR) is 72.9 cm³/mol. The number of nitrogens with one attached hydrogen (secondary N) is 1. The molecule has 2 N–H and O–H groups in total. The molecule has 0 aliphatic carbocycles. The first-order valence-electron chi connectivity index (χ1n) is 6.38. The van der Waals surface area contributed by atoms with Gasteiger partial charge in [0.2, 0.25) is 0 Å². The van der Waals surface area contributed by atoms with Crippen LogP contribution in [0.2, 0.25) is 0 Å². The molecule has 0 amide bonds. The van der Waals surface area contributed by atoms with E-state index in [0.29, 0.717) is 0 Å². The number of fused-ring (bicyclic) bond motifs is 1. The summed E-state index contributed by atoms with van der Waals surface area (Å²) in [4.78, 5) is 14.3. The van der Waals surface area contributed by atoms with Gasteiger partial charge in [0.15, 0.2) is 0 Å². The van der Waals surface area contributed by atoms with Crippen molar-refractivity contribution in [3.8, 4) is 6.07 Å². The van der Waals surface area contributed by atoms with Gasteiger partial charge in [0.25, 0.3) is 0 Å². The topological polar surface area (TPSA) is 76.9 Å². The van der Waals surface area contributed by atoms with Crippen molar-refractivity contribution in [3.05, 3.63) is 35.5 Å². The Hall–Kier alpha value is -2.28.